The lowest BCUT2D eigenvalue weighted by atomic mass is 10.1. The topological polar surface area (TPSA) is 79.4 Å². The van der Waals surface area contributed by atoms with Gasteiger partial charge in [-0.3, -0.25) is 9.69 Å². The SMILES string of the molecule is COC(=O)CN1CCCC(Nc2cc(Nc3cccc(C)c3)ncn2)C1. The first-order valence-electron chi connectivity index (χ1n) is 8.84. The number of methoxy groups -OCH3 is 1. The van der Waals surface area contributed by atoms with E-state index in [1.54, 1.807) is 6.33 Å². The minimum Gasteiger partial charge on any atom is -0.468 e. The van der Waals surface area contributed by atoms with Crippen molar-refractivity contribution in [2.45, 2.75) is 25.8 Å². The van der Waals surface area contributed by atoms with Gasteiger partial charge in [0.25, 0.3) is 0 Å². The highest BCUT2D eigenvalue weighted by Crippen LogP contribution is 2.19. The summed E-state index contributed by atoms with van der Waals surface area (Å²) in [6.07, 6.45) is 3.63. The number of carbonyl (C=O) groups excluding carboxylic acids is 1. The highest BCUT2D eigenvalue weighted by atomic mass is 16.5. The average Bonchev–Trinajstić information content (AvgIpc) is 2.62. The number of carbonyl (C=O) groups is 1. The van der Waals surface area contributed by atoms with E-state index in [1.807, 2.05) is 18.2 Å². The molecule has 1 fully saturated rings. The molecule has 3 rings (SSSR count). The van der Waals surface area contributed by atoms with E-state index in [0.29, 0.717) is 6.54 Å². The quantitative estimate of drug-likeness (QED) is 0.771. The van der Waals surface area contributed by atoms with Crippen LogP contribution in [0.15, 0.2) is 36.7 Å². The van der Waals surface area contributed by atoms with E-state index in [4.69, 9.17) is 4.74 Å². The molecule has 26 heavy (non-hydrogen) atoms. The standard InChI is InChI=1S/C19H25N5O2/c1-14-5-3-6-15(9-14)22-17-10-18(21-13-20-17)23-16-7-4-8-24(11-16)12-19(25)26-2/h3,5-6,9-10,13,16H,4,7-8,11-12H2,1-2H3,(H2,20,21,22,23). The molecular weight excluding hydrogens is 330 g/mol. The average molecular weight is 355 g/mol. The number of hydrogen-bond donors (Lipinski definition) is 2. The summed E-state index contributed by atoms with van der Waals surface area (Å²) in [5.41, 5.74) is 2.19. The lowest BCUT2D eigenvalue weighted by Crippen LogP contribution is -2.44. The third kappa shape index (κ3) is 5.16. The minimum atomic E-state index is -0.197. The Morgan fingerprint density at radius 3 is 2.96 bits per heavy atom. The monoisotopic (exact) mass is 355 g/mol. The van der Waals surface area contributed by atoms with Crippen LogP contribution in [0.5, 0.6) is 0 Å². The summed E-state index contributed by atoms with van der Waals surface area (Å²) >= 11 is 0. The maximum Gasteiger partial charge on any atom is 0.319 e. The van der Waals surface area contributed by atoms with Crippen molar-refractivity contribution in [3.8, 4) is 0 Å². The van der Waals surface area contributed by atoms with Gasteiger partial charge in [0.2, 0.25) is 0 Å². The van der Waals surface area contributed by atoms with Crippen LogP contribution in [0, 0.1) is 6.92 Å². The molecule has 1 aliphatic rings. The molecule has 1 aromatic heterocycles. The van der Waals surface area contributed by atoms with Gasteiger partial charge < -0.3 is 15.4 Å². The summed E-state index contributed by atoms with van der Waals surface area (Å²) in [4.78, 5) is 22.2. The molecule has 138 valence electrons. The molecule has 7 nitrogen and oxygen atoms in total. The molecule has 0 spiro atoms. The van der Waals surface area contributed by atoms with Gasteiger partial charge in [-0.1, -0.05) is 12.1 Å². The van der Waals surface area contributed by atoms with E-state index in [-0.39, 0.29) is 12.0 Å². The van der Waals surface area contributed by atoms with Crippen LogP contribution in [0.3, 0.4) is 0 Å². The van der Waals surface area contributed by atoms with Gasteiger partial charge in [0.05, 0.1) is 13.7 Å². The van der Waals surface area contributed by atoms with Crippen LogP contribution >= 0.6 is 0 Å². The van der Waals surface area contributed by atoms with Gasteiger partial charge in [-0.15, -0.1) is 0 Å². The molecule has 1 aromatic carbocycles. The second-order valence-electron chi connectivity index (χ2n) is 6.58. The van der Waals surface area contributed by atoms with E-state index in [0.717, 1.165) is 43.3 Å². The van der Waals surface area contributed by atoms with Gasteiger partial charge >= 0.3 is 5.97 Å². The number of esters is 1. The molecule has 0 radical (unpaired) electrons. The lowest BCUT2D eigenvalue weighted by Gasteiger charge is -2.32. The Morgan fingerprint density at radius 1 is 1.31 bits per heavy atom. The van der Waals surface area contributed by atoms with Gasteiger partial charge in [0.15, 0.2) is 0 Å². The second-order valence-corrected chi connectivity index (χ2v) is 6.58. The molecular formula is C19H25N5O2. The molecule has 1 atom stereocenters. The first-order chi connectivity index (χ1) is 12.6. The van der Waals surface area contributed by atoms with Crippen LogP contribution in [0.25, 0.3) is 0 Å². The van der Waals surface area contributed by atoms with Crippen molar-refractivity contribution < 1.29 is 9.53 Å². The van der Waals surface area contributed by atoms with Gasteiger partial charge in [0, 0.05) is 24.3 Å². The minimum absolute atomic E-state index is 0.197. The summed E-state index contributed by atoms with van der Waals surface area (Å²) < 4.78 is 4.76. The summed E-state index contributed by atoms with van der Waals surface area (Å²) in [6.45, 7) is 4.09. The Bertz CT molecular complexity index is 752. The van der Waals surface area contributed by atoms with Crippen molar-refractivity contribution in [2.24, 2.45) is 0 Å². The molecule has 0 aliphatic carbocycles. The number of rotatable bonds is 6. The number of benzene rings is 1. The Kier molecular flexibility index (Phi) is 6.01. The Balaban J connectivity index is 1.60. The number of anilines is 3. The van der Waals surface area contributed by atoms with Crippen molar-refractivity contribution >= 4 is 23.3 Å². The lowest BCUT2D eigenvalue weighted by molar-refractivity contribution is -0.142. The molecule has 0 saturated carbocycles. The number of piperidine rings is 1. The van der Waals surface area contributed by atoms with E-state index < -0.39 is 0 Å². The fourth-order valence-corrected chi connectivity index (χ4v) is 3.15. The van der Waals surface area contributed by atoms with Crippen LogP contribution in [-0.4, -0.2) is 53.6 Å². The smallest absolute Gasteiger partial charge is 0.319 e. The van der Waals surface area contributed by atoms with Crippen LogP contribution in [0.4, 0.5) is 17.3 Å². The fourth-order valence-electron chi connectivity index (χ4n) is 3.15. The summed E-state index contributed by atoms with van der Waals surface area (Å²) in [5, 5.41) is 6.76. The number of aryl methyl sites for hydroxylation is 1. The molecule has 0 amide bonds. The van der Waals surface area contributed by atoms with Crippen molar-refractivity contribution in [2.75, 3.05) is 37.4 Å². The predicted octanol–water partition coefficient (Wildman–Crippen LogP) is 2.58. The number of ether oxygens (including phenoxy) is 1. The molecule has 1 aliphatic heterocycles. The van der Waals surface area contributed by atoms with Gasteiger partial charge in [-0.05, 0) is 44.0 Å². The highest BCUT2D eigenvalue weighted by Gasteiger charge is 2.22. The summed E-state index contributed by atoms with van der Waals surface area (Å²) in [7, 11) is 1.42. The van der Waals surface area contributed by atoms with Gasteiger partial charge in [0.1, 0.15) is 18.0 Å². The zero-order valence-electron chi connectivity index (χ0n) is 15.2. The second kappa shape index (κ2) is 8.62. The molecule has 2 N–H and O–H groups in total. The molecule has 2 heterocycles. The summed E-state index contributed by atoms with van der Waals surface area (Å²) in [5.74, 6) is 1.33. The normalized spacial score (nSPS) is 17.5. The maximum atomic E-state index is 11.5. The van der Waals surface area contributed by atoms with Crippen molar-refractivity contribution in [1.29, 1.82) is 0 Å². The molecule has 0 bridgehead atoms. The molecule has 2 aromatic rings. The van der Waals surface area contributed by atoms with E-state index >= 15 is 0 Å². The van der Waals surface area contributed by atoms with Crippen LogP contribution in [0.2, 0.25) is 0 Å². The van der Waals surface area contributed by atoms with E-state index in [9.17, 15) is 4.79 Å². The zero-order valence-corrected chi connectivity index (χ0v) is 15.2. The van der Waals surface area contributed by atoms with Crippen molar-refractivity contribution in [3.05, 3.63) is 42.2 Å². The van der Waals surface area contributed by atoms with Gasteiger partial charge in [-0.25, -0.2) is 9.97 Å². The number of nitrogens with one attached hydrogen (secondary N) is 2. The third-order valence-corrected chi connectivity index (χ3v) is 4.40. The highest BCUT2D eigenvalue weighted by molar-refractivity contribution is 5.71. The van der Waals surface area contributed by atoms with Crippen LogP contribution in [0.1, 0.15) is 18.4 Å². The van der Waals surface area contributed by atoms with Crippen LogP contribution < -0.4 is 10.6 Å². The number of hydrogen-bond acceptors (Lipinski definition) is 7. The van der Waals surface area contributed by atoms with Crippen molar-refractivity contribution in [3.63, 3.8) is 0 Å². The van der Waals surface area contributed by atoms with Crippen molar-refractivity contribution in [1.82, 2.24) is 14.9 Å². The number of aromatic nitrogens is 2. The molecule has 1 saturated heterocycles. The fraction of sp³-hybridized carbons (Fsp3) is 0.421. The Labute approximate surface area is 153 Å². The van der Waals surface area contributed by atoms with E-state index in [1.165, 1.54) is 12.7 Å². The first-order valence-corrected chi connectivity index (χ1v) is 8.84. The van der Waals surface area contributed by atoms with Crippen LogP contribution in [-0.2, 0) is 9.53 Å². The predicted molar refractivity (Wildman–Crippen MR) is 102 cm³/mol. The molecule has 1 unspecified atom stereocenters. The summed E-state index contributed by atoms with van der Waals surface area (Å²) in [6, 6.07) is 10.3. The van der Waals surface area contributed by atoms with Gasteiger partial charge in [-0.2, -0.15) is 0 Å². The zero-order chi connectivity index (χ0) is 18.4. The third-order valence-electron chi connectivity index (χ3n) is 4.40. The largest absolute Gasteiger partial charge is 0.468 e. The van der Waals surface area contributed by atoms with E-state index in [2.05, 4.69) is 44.6 Å². The molecule has 7 heteroatoms. The first kappa shape index (κ1) is 18.1. The Hall–Kier alpha value is -2.67. The Morgan fingerprint density at radius 2 is 2.15 bits per heavy atom. The maximum absolute atomic E-state index is 11.5. The number of nitrogens with zero attached hydrogens (tertiary/aromatic N) is 3. The number of likely N-dealkylation sites (tertiary alicyclic amines) is 1.